The van der Waals surface area contributed by atoms with Crippen LogP contribution in [0.5, 0.6) is 5.75 Å². The molecule has 0 saturated carbocycles. The van der Waals surface area contributed by atoms with Crippen LogP contribution in [0.2, 0.25) is 5.02 Å². The van der Waals surface area contributed by atoms with Gasteiger partial charge in [-0.15, -0.1) is 0 Å². The second-order valence-corrected chi connectivity index (χ2v) is 11.1. The van der Waals surface area contributed by atoms with Gasteiger partial charge in [0.2, 0.25) is 5.91 Å². The minimum Gasteiger partial charge on any atom is -0.486 e. The van der Waals surface area contributed by atoms with E-state index in [-0.39, 0.29) is 12.0 Å². The van der Waals surface area contributed by atoms with Gasteiger partial charge in [-0.25, -0.2) is 0 Å². The number of amides is 1. The van der Waals surface area contributed by atoms with Crippen LogP contribution in [0.1, 0.15) is 55.6 Å². The first-order valence-electron chi connectivity index (χ1n) is 14.6. The highest BCUT2D eigenvalue weighted by Gasteiger charge is 2.26. The highest BCUT2D eigenvalue weighted by atomic mass is 35.5. The number of rotatable bonds is 14. The molecule has 0 fully saturated rings. The third-order valence-corrected chi connectivity index (χ3v) is 7.82. The number of benzene rings is 1. The first-order chi connectivity index (χ1) is 19.9. The van der Waals surface area contributed by atoms with Crippen LogP contribution in [0.15, 0.2) is 54.9 Å². The Bertz CT molecular complexity index is 1310. The van der Waals surface area contributed by atoms with Gasteiger partial charge in [-0.2, -0.15) is 0 Å². The van der Waals surface area contributed by atoms with Gasteiger partial charge < -0.3 is 20.3 Å². The molecule has 0 saturated heterocycles. The number of likely N-dealkylation sites (N-methyl/N-ethyl adjacent to an activating group) is 2. The molecule has 0 spiro atoms. The standard InChI is InChI=1S/C33H42ClN5O2/c1-5-23(3)31-11-7-24(20-37-31)8-12-32(40)38-22-29-18-27-17-26(19-30(34)33(27)41-29)25-9-10-28(36-21-25)13-15-39(4)16-14-35-6-2/h7-12,17,19-21,23,29,35H,5-6,13-16,18,22H2,1-4H3,(H,38,40). The first kappa shape index (κ1) is 30.7. The average Bonchev–Trinajstić information content (AvgIpc) is 3.42. The van der Waals surface area contributed by atoms with Crippen molar-refractivity contribution in [3.05, 3.63) is 82.4 Å². The third-order valence-electron chi connectivity index (χ3n) is 7.54. The highest BCUT2D eigenvalue weighted by molar-refractivity contribution is 6.32. The van der Waals surface area contributed by atoms with Crippen LogP contribution >= 0.6 is 11.6 Å². The second-order valence-electron chi connectivity index (χ2n) is 10.7. The predicted molar refractivity (Wildman–Crippen MR) is 168 cm³/mol. The van der Waals surface area contributed by atoms with Crippen molar-refractivity contribution < 1.29 is 9.53 Å². The molecule has 1 aliphatic rings. The lowest BCUT2D eigenvalue weighted by molar-refractivity contribution is -0.116. The Balaban J connectivity index is 1.27. The number of nitrogens with zero attached hydrogens (tertiary/aromatic N) is 3. The second kappa shape index (κ2) is 15.1. The summed E-state index contributed by atoms with van der Waals surface area (Å²) in [5, 5.41) is 6.87. The van der Waals surface area contributed by atoms with Crippen LogP contribution in [-0.4, -0.2) is 66.7 Å². The van der Waals surface area contributed by atoms with Crippen LogP contribution < -0.4 is 15.4 Å². The van der Waals surface area contributed by atoms with E-state index < -0.39 is 0 Å². The number of nitrogens with one attached hydrogen (secondary N) is 2. The van der Waals surface area contributed by atoms with E-state index in [9.17, 15) is 4.79 Å². The van der Waals surface area contributed by atoms with Gasteiger partial charge in [0.05, 0.1) is 11.6 Å². The molecule has 2 unspecified atom stereocenters. The quantitative estimate of drug-likeness (QED) is 0.194. The number of carbonyl (C=O) groups is 1. The molecule has 2 atom stereocenters. The van der Waals surface area contributed by atoms with Gasteiger partial charge in [-0.1, -0.05) is 44.5 Å². The van der Waals surface area contributed by atoms with E-state index in [2.05, 4.69) is 66.5 Å². The summed E-state index contributed by atoms with van der Waals surface area (Å²) in [4.78, 5) is 23.9. The number of hydrogen-bond acceptors (Lipinski definition) is 6. The number of aromatic nitrogens is 2. The van der Waals surface area contributed by atoms with Gasteiger partial charge in [0.15, 0.2) is 0 Å². The van der Waals surface area contributed by atoms with Gasteiger partial charge in [0.1, 0.15) is 11.9 Å². The Hall–Kier alpha value is -3.26. The zero-order chi connectivity index (χ0) is 29.2. The summed E-state index contributed by atoms with van der Waals surface area (Å²) in [5.74, 6) is 0.953. The van der Waals surface area contributed by atoms with Gasteiger partial charge in [-0.05, 0) is 67.4 Å². The number of fused-ring (bicyclic) bond motifs is 1. The van der Waals surface area contributed by atoms with Gasteiger partial charge in [-0.3, -0.25) is 14.8 Å². The SMILES string of the molecule is CCNCCN(C)CCc1ccc(-c2cc(Cl)c3c(c2)CC(CNC(=O)C=Cc2ccc(C(C)CC)nc2)O3)cn1. The molecule has 41 heavy (non-hydrogen) atoms. The Morgan fingerprint density at radius 3 is 2.71 bits per heavy atom. The summed E-state index contributed by atoms with van der Waals surface area (Å²) < 4.78 is 6.09. The minimum absolute atomic E-state index is 0.169. The molecule has 1 aliphatic heterocycles. The molecule has 2 N–H and O–H groups in total. The Morgan fingerprint density at radius 1 is 1.15 bits per heavy atom. The van der Waals surface area contributed by atoms with Crippen LogP contribution in [-0.2, 0) is 17.6 Å². The monoisotopic (exact) mass is 575 g/mol. The molecule has 4 rings (SSSR count). The maximum atomic E-state index is 12.4. The van der Waals surface area contributed by atoms with Crippen molar-refractivity contribution in [2.24, 2.45) is 0 Å². The normalized spacial score (nSPS) is 15.2. The summed E-state index contributed by atoms with van der Waals surface area (Å²) in [6, 6.07) is 12.2. The lowest BCUT2D eigenvalue weighted by Crippen LogP contribution is -2.33. The van der Waals surface area contributed by atoms with Crippen molar-refractivity contribution in [1.82, 2.24) is 25.5 Å². The molecular formula is C33H42ClN5O2. The average molecular weight is 576 g/mol. The van der Waals surface area contributed by atoms with Crippen molar-refractivity contribution >= 4 is 23.6 Å². The summed E-state index contributed by atoms with van der Waals surface area (Å²) >= 11 is 6.62. The minimum atomic E-state index is -0.170. The van der Waals surface area contributed by atoms with E-state index in [1.165, 1.54) is 6.08 Å². The molecule has 218 valence electrons. The molecule has 2 aromatic heterocycles. The maximum Gasteiger partial charge on any atom is 0.244 e. The molecule has 0 aliphatic carbocycles. The van der Waals surface area contributed by atoms with E-state index in [1.54, 1.807) is 12.3 Å². The zero-order valence-electron chi connectivity index (χ0n) is 24.6. The van der Waals surface area contributed by atoms with Crippen LogP contribution in [0.4, 0.5) is 0 Å². The fourth-order valence-corrected chi connectivity index (χ4v) is 5.02. The maximum absolute atomic E-state index is 12.4. The fourth-order valence-electron chi connectivity index (χ4n) is 4.74. The number of hydrogen-bond donors (Lipinski definition) is 2. The Morgan fingerprint density at radius 2 is 2.00 bits per heavy atom. The molecule has 8 heteroatoms. The van der Waals surface area contributed by atoms with Crippen molar-refractivity contribution in [3.63, 3.8) is 0 Å². The topological polar surface area (TPSA) is 79.4 Å². The molecule has 0 bridgehead atoms. The summed E-state index contributed by atoms with van der Waals surface area (Å²) in [6.45, 7) is 10.8. The number of carbonyl (C=O) groups excluding carboxylic acids is 1. The largest absolute Gasteiger partial charge is 0.486 e. The van der Waals surface area contributed by atoms with E-state index >= 15 is 0 Å². The van der Waals surface area contributed by atoms with Crippen molar-refractivity contribution in [2.75, 3.05) is 39.8 Å². The highest BCUT2D eigenvalue weighted by Crippen LogP contribution is 2.39. The van der Waals surface area contributed by atoms with Crippen molar-refractivity contribution in [1.29, 1.82) is 0 Å². The van der Waals surface area contributed by atoms with Crippen LogP contribution in [0, 0.1) is 0 Å². The van der Waals surface area contributed by atoms with Crippen molar-refractivity contribution in [2.45, 2.75) is 52.1 Å². The van der Waals surface area contributed by atoms with Gasteiger partial charge >= 0.3 is 0 Å². The van der Waals surface area contributed by atoms with E-state index in [0.717, 1.165) is 72.7 Å². The molecule has 0 radical (unpaired) electrons. The predicted octanol–water partition coefficient (Wildman–Crippen LogP) is 5.53. The number of pyridine rings is 2. The molecule has 1 aromatic carbocycles. The lowest BCUT2D eigenvalue weighted by atomic mass is 10.0. The summed E-state index contributed by atoms with van der Waals surface area (Å²) in [5.41, 5.74) is 6.11. The number of ether oxygens (including phenoxy) is 1. The van der Waals surface area contributed by atoms with E-state index in [0.29, 0.717) is 29.7 Å². The van der Waals surface area contributed by atoms with Gasteiger partial charge in [0, 0.05) is 73.5 Å². The molecule has 1 amide bonds. The summed E-state index contributed by atoms with van der Waals surface area (Å²) in [7, 11) is 2.14. The lowest BCUT2D eigenvalue weighted by Gasteiger charge is -2.16. The van der Waals surface area contributed by atoms with Crippen LogP contribution in [0.25, 0.3) is 17.2 Å². The molecule has 7 nitrogen and oxygen atoms in total. The molecule has 3 heterocycles. The smallest absolute Gasteiger partial charge is 0.244 e. The van der Waals surface area contributed by atoms with E-state index in [4.69, 9.17) is 21.3 Å². The molecular weight excluding hydrogens is 534 g/mol. The molecule has 3 aromatic rings. The van der Waals surface area contributed by atoms with Gasteiger partial charge in [0.25, 0.3) is 0 Å². The van der Waals surface area contributed by atoms with Crippen molar-refractivity contribution in [3.8, 4) is 16.9 Å². The fraction of sp³-hybridized carbons (Fsp3) is 0.424. The zero-order valence-corrected chi connectivity index (χ0v) is 25.4. The summed E-state index contributed by atoms with van der Waals surface area (Å²) in [6.07, 6.45) is 9.49. The third kappa shape index (κ3) is 8.86. The van der Waals surface area contributed by atoms with Crippen LogP contribution in [0.3, 0.4) is 0 Å². The van der Waals surface area contributed by atoms with E-state index in [1.807, 2.05) is 24.4 Å². The Labute approximate surface area is 249 Å². The Kier molecular flexibility index (Phi) is 11.3. The first-order valence-corrected chi connectivity index (χ1v) is 15.0. The number of halogens is 1.